The van der Waals surface area contributed by atoms with Gasteiger partial charge in [0.1, 0.15) is 0 Å². The number of carbonyl (C=O) groups is 2. The Hall–Kier alpha value is -1.84. The SMILES string of the molecule is CCCC(C)(C)c1ccc(C)c(N2CCC(=O)NC2=O)c1. The van der Waals surface area contributed by atoms with Crippen molar-refractivity contribution >= 4 is 17.6 Å². The predicted octanol–water partition coefficient (Wildman–Crippen LogP) is 3.52. The largest absolute Gasteiger partial charge is 0.328 e. The van der Waals surface area contributed by atoms with Gasteiger partial charge in [-0.1, -0.05) is 39.3 Å². The molecule has 0 aromatic heterocycles. The summed E-state index contributed by atoms with van der Waals surface area (Å²) in [6.45, 7) is 9.08. The fourth-order valence-corrected chi connectivity index (χ4v) is 2.88. The maximum Gasteiger partial charge on any atom is 0.328 e. The molecular weight excluding hydrogens is 264 g/mol. The molecule has 1 aromatic rings. The van der Waals surface area contributed by atoms with Gasteiger partial charge in [0, 0.05) is 18.7 Å². The number of carbonyl (C=O) groups excluding carboxylic acids is 2. The van der Waals surface area contributed by atoms with Crippen molar-refractivity contribution in [2.45, 2.75) is 52.4 Å². The average molecular weight is 288 g/mol. The number of anilines is 1. The highest BCUT2D eigenvalue weighted by Gasteiger charge is 2.27. The summed E-state index contributed by atoms with van der Waals surface area (Å²) < 4.78 is 0. The third-order valence-electron chi connectivity index (χ3n) is 4.21. The molecule has 0 radical (unpaired) electrons. The van der Waals surface area contributed by atoms with Gasteiger partial charge in [0.2, 0.25) is 5.91 Å². The average Bonchev–Trinajstić information content (AvgIpc) is 2.39. The Labute approximate surface area is 126 Å². The van der Waals surface area contributed by atoms with E-state index in [0.717, 1.165) is 24.1 Å². The molecule has 1 heterocycles. The first kappa shape index (κ1) is 15.5. The van der Waals surface area contributed by atoms with E-state index in [9.17, 15) is 9.59 Å². The molecule has 0 saturated carbocycles. The summed E-state index contributed by atoms with van der Waals surface area (Å²) in [5.74, 6) is -0.198. The standard InChI is InChI=1S/C17H24N2O2/c1-5-9-17(3,4)13-7-6-12(2)14(11-13)19-10-8-15(20)18-16(19)21/h6-7,11H,5,8-10H2,1-4H3,(H,18,20,21). The molecule has 1 N–H and O–H groups in total. The van der Waals surface area contributed by atoms with E-state index in [1.54, 1.807) is 4.90 Å². The number of benzene rings is 1. The molecule has 0 spiro atoms. The predicted molar refractivity (Wildman–Crippen MR) is 84.6 cm³/mol. The second-order valence-corrected chi connectivity index (χ2v) is 6.39. The highest BCUT2D eigenvalue weighted by molar-refractivity contribution is 6.05. The van der Waals surface area contributed by atoms with Crippen molar-refractivity contribution in [3.8, 4) is 0 Å². The summed E-state index contributed by atoms with van der Waals surface area (Å²) in [7, 11) is 0. The second-order valence-electron chi connectivity index (χ2n) is 6.39. The van der Waals surface area contributed by atoms with Crippen molar-refractivity contribution in [3.05, 3.63) is 29.3 Å². The van der Waals surface area contributed by atoms with Crippen LogP contribution < -0.4 is 10.2 Å². The van der Waals surface area contributed by atoms with E-state index in [1.807, 2.05) is 6.92 Å². The zero-order valence-corrected chi connectivity index (χ0v) is 13.3. The molecule has 0 aliphatic carbocycles. The van der Waals surface area contributed by atoms with Gasteiger partial charge in [-0.3, -0.25) is 15.0 Å². The summed E-state index contributed by atoms with van der Waals surface area (Å²) in [6.07, 6.45) is 2.57. The molecule has 4 nitrogen and oxygen atoms in total. The molecule has 4 heteroatoms. The fraction of sp³-hybridized carbons (Fsp3) is 0.529. The zero-order chi connectivity index (χ0) is 15.6. The fourth-order valence-electron chi connectivity index (χ4n) is 2.88. The van der Waals surface area contributed by atoms with Crippen LogP contribution in [-0.4, -0.2) is 18.5 Å². The summed E-state index contributed by atoms with van der Waals surface area (Å²) in [5.41, 5.74) is 3.27. The van der Waals surface area contributed by atoms with Crippen molar-refractivity contribution in [2.75, 3.05) is 11.4 Å². The minimum atomic E-state index is -0.320. The highest BCUT2D eigenvalue weighted by Crippen LogP contribution is 2.33. The van der Waals surface area contributed by atoms with Gasteiger partial charge in [0.25, 0.3) is 0 Å². The molecule has 2 rings (SSSR count). The highest BCUT2D eigenvalue weighted by atomic mass is 16.2. The van der Waals surface area contributed by atoms with E-state index in [4.69, 9.17) is 0 Å². The number of amides is 3. The van der Waals surface area contributed by atoms with Gasteiger partial charge in [-0.25, -0.2) is 4.79 Å². The van der Waals surface area contributed by atoms with Crippen LogP contribution in [-0.2, 0) is 10.2 Å². The quantitative estimate of drug-likeness (QED) is 0.921. The van der Waals surface area contributed by atoms with E-state index < -0.39 is 0 Å². The first-order valence-corrected chi connectivity index (χ1v) is 7.57. The number of hydrogen-bond donors (Lipinski definition) is 1. The smallest absolute Gasteiger partial charge is 0.293 e. The van der Waals surface area contributed by atoms with Gasteiger partial charge in [-0.2, -0.15) is 0 Å². The van der Waals surface area contributed by atoms with Gasteiger partial charge < -0.3 is 0 Å². The number of hydrogen-bond acceptors (Lipinski definition) is 2. The third kappa shape index (κ3) is 3.26. The van der Waals surface area contributed by atoms with Gasteiger partial charge in [-0.15, -0.1) is 0 Å². The van der Waals surface area contributed by atoms with Crippen LogP contribution in [0.5, 0.6) is 0 Å². The van der Waals surface area contributed by atoms with Crippen LogP contribution in [0.2, 0.25) is 0 Å². The lowest BCUT2D eigenvalue weighted by Gasteiger charge is -2.31. The van der Waals surface area contributed by atoms with E-state index in [2.05, 4.69) is 44.3 Å². The molecule has 3 amide bonds. The number of aryl methyl sites for hydroxylation is 1. The molecule has 1 aliphatic heterocycles. The van der Waals surface area contributed by atoms with Crippen molar-refractivity contribution in [2.24, 2.45) is 0 Å². The van der Waals surface area contributed by atoms with Crippen molar-refractivity contribution < 1.29 is 9.59 Å². The first-order chi connectivity index (χ1) is 9.85. The minimum absolute atomic E-state index is 0.0826. The molecule has 0 unspecified atom stereocenters. The van der Waals surface area contributed by atoms with Gasteiger partial charge in [-0.05, 0) is 36.0 Å². The van der Waals surface area contributed by atoms with Crippen LogP contribution in [0.4, 0.5) is 10.5 Å². The number of nitrogens with zero attached hydrogens (tertiary/aromatic N) is 1. The molecule has 0 atom stereocenters. The Morgan fingerprint density at radius 3 is 2.62 bits per heavy atom. The first-order valence-electron chi connectivity index (χ1n) is 7.57. The Morgan fingerprint density at radius 2 is 2.00 bits per heavy atom. The number of nitrogens with one attached hydrogen (secondary N) is 1. The maximum absolute atomic E-state index is 12.0. The molecule has 1 aliphatic rings. The third-order valence-corrected chi connectivity index (χ3v) is 4.21. The van der Waals surface area contributed by atoms with Crippen molar-refractivity contribution in [1.29, 1.82) is 0 Å². The summed E-state index contributed by atoms with van der Waals surface area (Å²) >= 11 is 0. The molecule has 1 aromatic carbocycles. The van der Waals surface area contributed by atoms with Crippen LogP contribution in [0.15, 0.2) is 18.2 Å². The number of urea groups is 1. The van der Waals surface area contributed by atoms with E-state index in [0.29, 0.717) is 13.0 Å². The minimum Gasteiger partial charge on any atom is -0.293 e. The number of imide groups is 1. The Balaban J connectivity index is 2.36. The summed E-state index contributed by atoms with van der Waals surface area (Å²) in [6, 6.07) is 5.98. The van der Waals surface area contributed by atoms with E-state index in [-0.39, 0.29) is 17.4 Å². The molecule has 21 heavy (non-hydrogen) atoms. The van der Waals surface area contributed by atoms with Crippen LogP contribution >= 0.6 is 0 Å². The Bertz CT molecular complexity index is 564. The van der Waals surface area contributed by atoms with Crippen LogP contribution in [0, 0.1) is 6.92 Å². The van der Waals surface area contributed by atoms with Crippen LogP contribution in [0.1, 0.15) is 51.2 Å². The van der Waals surface area contributed by atoms with Crippen molar-refractivity contribution in [1.82, 2.24) is 5.32 Å². The zero-order valence-electron chi connectivity index (χ0n) is 13.3. The lowest BCUT2D eigenvalue weighted by molar-refractivity contribution is -0.120. The van der Waals surface area contributed by atoms with Gasteiger partial charge in [0.15, 0.2) is 0 Å². The normalized spacial score (nSPS) is 16.1. The lowest BCUT2D eigenvalue weighted by atomic mass is 9.80. The molecule has 1 fully saturated rings. The number of rotatable bonds is 4. The molecular formula is C17H24N2O2. The molecule has 1 saturated heterocycles. The van der Waals surface area contributed by atoms with Gasteiger partial charge >= 0.3 is 6.03 Å². The lowest BCUT2D eigenvalue weighted by Crippen LogP contribution is -2.49. The topological polar surface area (TPSA) is 49.4 Å². The van der Waals surface area contributed by atoms with E-state index in [1.165, 1.54) is 5.56 Å². The molecule has 114 valence electrons. The van der Waals surface area contributed by atoms with E-state index >= 15 is 0 Å². The Morgan fingerprint density at radius 1 is 1.29 bits per heavy atom. The van der Waals surface area contributed by atoms with Crippen LogP contribution in [0.3, 0.4) is 0 Å². The second kappa shape index (κ2) is 5.88. The summed E-state index contributed by atoms with van der Waals surface area (Å²) in [4.78, 5) is 25.0. The Kier molecular flexibility index (Phi) is 4.35. The van der Waals surface area contributed by atoms with Gasteiger partial charge in [0.05, 0.1) is 0 Å². The summed E-state index contributed by atoms with van der Waals surface area (Å²) in [5, 5.41) is 2.39. The van der Waals surface area contributed by atoms with Crippen molar-refractivity contribution in [3.63, 3.8) is 0 Å². The van der Waals surface area contributed by atoms with Crippen LogP contribution in [0.25, 0.3) is 0 Å². The molecule has 0 bridgehead atoms. The monoisotopic (exact) mass is 288 g/mol. The maximum atomic E-state index is 12.0.